The third-order valence-electron chi connectivity index (χ3n) is 1.97. The fraction of sp³-hybridized carbons (Fsp3) is 0.833. The van der Waals surface area contributed by atoms with Crippen LogP contribution >= 0.6 is 0 Å². The van der Waals surface area contributed by atoms with Gasteiger partial charge in [-0.15, -0.1) is 0 Å². The molecule has 0 N–H and O–H groups in total. The highest BCUT2D eigenvalue weighted by Crippen LogP contribution is 2.32. The Kier molecular flexibility index (Phi) is 1.29. The molecule has 0 atom stereocenters. The third kappa shape index (κ3) is 0.864. The average molecular weight is 160 g/mol. The summed E-state index contributed by atoms with van der Waals surface area (Å²) in [6, 6.07) is 0. The summed E-state index contributed by atoms with van der Waals surface area (Å²) in [7, 11) is -2.83. The van der Waals surface area contributed by atoms with Gasteiger partial charge in [0, 0.05) is 13.1 Å². The van der Waals surface area contributed by atoms with E-state index in [9.17, 15) is 8.42 Å². The first-order chi connectivity index (χ1) is 4.71. The van der Waals surface area contributed by atoms with Gasteiger partial charge in [-0.1, -0.05) is 0 Å². The van der Waals surface area contributed by atoms with Crippen molar-refractivity contribution in [3.63, 3.8) is 0 Å². The van der Waals surface area contributed by atoms with Crippen LogP contribution in [-0.2, 0) is 10.0 Å². The molecule has 0 bridgehead atoms. The maximum Gasteiger partial charge on any atom is 0.217 e. The van der Waals surface area contributed by atoms with Crippen molar-refractivity contribution in [2.75, 3.05) is 13.1 Å². The molecule has 10 heavy (non-hydrogen) atoms. The number of hydrogen-bond donors (Lipinski definition) is 0. The van der Waals surface area contributed by atoms with Gasteiger partial charge in [0.05, 0.1) is 5.25 Å². The summed E-state index contributed by atoms with van der Waals surface area (Å²) in [4.78, 5) is 0. The Hall–Kier alpha value is -0.0900. The number of nitrogens with zero attached hydrogens (tertiary/aromatic N) is 1. The topological polar surface area (TPSA) is 37.4 Å². The molecule has 3 nitrogen and oxygen atoms in total. The Bertz CT molecular complexity index is 226. The first kappa shape index (κ1) is 6.61. The van der Waals surface area contributed by atoms with E-state index in [0.717, 1.165) is 12.8 Å². The van der Waals surface area contributed by atoms with Gasteiger partial charge in [0.2, 0.25) is 10.0 Å². The monoisotopic (exact) mass is 160 g/mol. The standard InChI is InChI=1S/C6H10NO2S/c8-10(9,6-2-3-6)7-4-1-5-7/h1,6H,2-5H2. The summed E-state index contributed by atoms with van der Waals surface area (Å²) in [5.74, 6) is 0. The van der Waals surface area contributed by atoms with Crippen molar-refractivity contribution in [2.45, 2.75) is 18.1 Å². The van der Waals surface area contributed by atoms with Crippen LogP contribution in [-0.4, -0.2) is 31.1 Å². The maximum absolute atomic E-state index is 11.3. The second-order valence-corrected chi connectivity index (χ2v) is 5.06. The zero-order chi connectivity index (χ0) is 7.19. The van der Waals surface area contributed by atoms with E-state index in [4.69, 9.17) is 0 Å². The van der Waals surface area contributed by atoms with Gasteiger partial charge >= 0.3 is 0 Å². The summed E-state index contributed by atoms with van der Waals surface area (Å²) < 4.78 is 24.1. The normalized spacial score (nSPS) is 28.0. The van der Waals surface area contributed by atoms with Gasteiger partial charge in [0.15, 0.2) is 0 Å². The molecular formula is C6H10NO2S. The van der Waals surface area contributed by atoms with Gasteiger partial charge in [-0.2, -0.15) is 0 Å². The number of rotatable bonds is 2. The molecule has 2 rings (SSSR count). The lowest BCUT2D eigenvalue weighted by molar-refractivity contribution is 0.384. The van der Waals surface area contributed by atoms with E-state index >= 15 is 0 Å². The Labute approximate surface area is 61.1 Å². The fourth-order valence-corrected chi connectivity index (χ4v) is 2.80. The molecule has 1 heterocycles. The first-order valence-electron chi connectivity index (χ1n) is 3.52. The second-order valence-electron chi connectivity index (χ2n) is 2.85. The summed E-state index contributed by atoms with van der Waals surface area (Å²) in [6.45, 7) is 1.28. The zero-order valence-corrected chi connectivity index (χ0v) is 6.47. The lowest BCUT2D eigenvalue weighted by atomic mass is 10.3. The van der Waals surface area contributed by atoms with Crippen LogP contribution in [0.1, 0.15) is 12.8 Å². The van der Waals surface area contributed by atoms with Gasteiger partial charge in [-0.3, -0.25) is 0 Å². The van der Waals surface area contributed by atoms with Gasteiger partial charge in [0.25, 0.3) is 0 Å². The van der Waals surface area contributed by atoms with Crippen LogP contribution in [0.3, 0.4) is 0 Å². The lowest BCUT2D eigenvalue weighted by Gasteiger charge is -2.29. The quantitative estimate of drug-likeness (QED) is 0.570. The molecule has 0 amide bonds. The van der Waals surface area contributed by atoms with Crippen LogP contribution < -0.4 is 0 Å². The van der Waals surface area contributed by atoms with Crippen molar-refractivity contribution >= 4 is 10.0 Å². The van der Waals surface area contributed by atoms with Crippen molar-refractivity contribution in [3.8, 4) is 0 Å². The Morgan fingerprint density at radius 1 is 1.30 bits per heavy atom. The minimum atomic E-state index is -2.83. The summed E-state index contributed by atoms with van der Waals surface area (Å²) in [6.07, 6.45) is 3.72. The molecule has 1 aliphatic heterocycles. The number of hydrogen-bond acceptors (Lipinski definition) is 2. The fourth-order valence-electron chi connectivity index (χ4n) is 1.02. The van der Waals surface area contributed by atoms with E-state index in [2.05, 4.69) is 0 Å². The molecular weight excluding hydrogens is 150 g/mol. The largest absolute Gasteiger partial charge is 0.217 e. The minimum Gasteiger partial charge on any atom is -0.212 e. The van der Waals surface area contributed by atoms with Crippen molar-refractivity contribution < 1.29 is 8.42 Å². The molecule has 1 aliphatic carbocycles. The number of sulfonamides is 1. The molecule has 57 valence electrons. The van der Waals surface area contributed by atoms with E-state index in [0.29, 0.717) is 13.1 Å². The van der Waals surface area contributed by atoms with Crippen molar-refractivity contribution in [2.24, 2.45) is 0 Å². The van der Waals surface area contributed by atoms with Gasteiger partial charge in [0.1, 0.15) is 0 Å². The van der Waals surface area contributed by atoms with Crippen LogP contribution in [0.5, 0.6) is 0 Å². The molecule has 4 heteroatoms. The Morgan fingerprint density at radius 2 is 1.90 bits per heavy atom. The van der Waals surface area contributed by atoms with Gasteiger partial charge in [-0.25, -0.2) is 12.7 Å². The van der Waals surface area contributed by atoms with Crippen molar-refractivity contribution in [3.05, 3.63) is 6.42 Å². The summed E-state index contributed by atoms with van der Waals surface area (Å²) >= 11 is 0. The van der Waals surface area contributed by atoms with Crippen LogP contribution in [0.2, 0.25) is 0 Å². The van der Waals surface area contributed by atoms with E-state index in [1.807, 2.05) is 6.42 Å². The minimum absolute atomic E-state index is 0.0267. The Morgan fingerprint density at radius 3 is 2.20 bits per heavy atom. The average Bonchev–Trinajstić information content (AvgIpc) is 2.32. The molecule has 1 saturated carbocycles. The molecule has 2 aliphatic rings. The molecule has 0 unspecified atom stereocenters. The molecule has 0 spiro atoms. The summed E-state index contributed by atoms with van der Waals surface area (Å²) in [5.41, 5.74) is 0. The van der Waals surface area contributed by atoms with Crippen LogP contribution in [0, 0.1) is 6.42 Å². The Balaban J connectivity index is 2.12. The maximum atomic E-state index is 11.3. The molecule has 0 aromatic carbocycles. The summed E-state index contributed by atoms with van der Waals surface area (Å²) in [5, 5.41) is -0.0267. The predicted octanol–water partition coefficient (Wildman–Crippen LogP) is -0.00151. The van der Waals surface area contributed by atoms with Crippen LogP contribution in [0.25, 0.3) is 0 Å². The molecule has 1 saturated heterocycles. The predicted molar refractivity (Wildman–Crippen MR) is 37.8 cm³/mol. The highest BCUT2D eigenvalue weighted by atomic mass is 32.2. The lowest BCUT2D eigenvalue weighted by Crippen LogP contribution is -2.44. The van der Waals surface area contributed by atoms with Crippen molar-refractivity contribution in [1.82, 2.24) is 4.31 Å². The van der Waals surface area contributed by atoms with E-state index in [-0.39, 0.29) is 5.25 Å². The van der Waals surface area contributed by atoms with Gasteiger partial charge in [-0.05, 0) is 19.3 Å². The van der Waals surface area contributed by atoms with E-state index < -0.39 is 10.0 Å². The third-order valence-corrected chi connectivity index (χ3v) is 4.30. The molecule has 0 aromatic rings. The second kappa shape index (κ2) is 1.95. The molecule has 2 fully saturated rings. The smallest absolute Gasteiger partial charge is 0.212 e. The highest BCUT2D eigenvalue weighted by molar-refractivity contribution is 7.90. The molecule has 0 aromatic heterocycles. The zero-order valence-electron chi connectivity index (χ0n) is 5.66. The SMILES string of the molecule is O=S(=O)(C1CC1)N1C[CH]C1. The van der Waals surface area contributed by atoms with Crippen LogP contribution in [0.4, 0.5) is 0 Å². The highest BCUT2D eigenvalue weighted by Gasteiger charge is 2.41. The molecule has 1 radical (unpaired) electrons. The van der Waals surface area contributed by atoms with Gasteiger partial charge < -0.3 is 0 Å². The first-order valence-corrected chi connectivity index (χ1v) is 5.02. The van der Waals surface area contributed by atoms with E-state index in [1.165, 1.54) is 0 Å². The van der Waals surface area contributed by atoms with Crippen molar-refractivity contribution in [1.29, 1.82) is 0 Å². The van der Waals surface area contributed by atoms with E-state index in [1.54, 1.807) is 4.31 Å². The van der Waals surface area contributed by atoms with Crippen LogP contribution in [0.15, 0.2) is 0 Å².